The van der Waals surface area contributed by atoms with Crippen molar-refractivity contribution in [2.24, 2.45) is 0 Å². The largest absolute Gasteiger partial charge is 0.368 e. The van der Waals surface area contributed by atoms with Gasteiger partial charge < -0.3 is 11.1 Å². The second-order valence-corrected chi connectivity index (χ2v) is 6.31. The standard InChI is InChI=1S/C19H18ClN5O2/c20-15-8-6-14(7-9-15)18(27)25-19(21)23-16(24-25)12-17(26)22-11-10-13-4-2-1-3-5-13/h1-9H,10-12H2,(H,22,26)(H2,21,23,24). The number of carbonyl (C=O) groups is 2. The number of nitrogens with two attached hydrogens (primary N) is 1. The van der Waals surface area contributed by atoms with Crippen LogP contribution in [0, 0.1) is 0 Å². The molecule has 0 saturated carbocycles. The summed E-state index contributed by atoms with van der Waals surface area (Å²) in [5, 5.41) is 7.38. The second-order valence-electron chi connectivity index (χ2n) is 5.87. The average Bonchev–Trinajstić information content (AvgIpc) is 3.02. The molecule has 0 fully saturated rings. The summed E-state index contributed by atoms with van der Waals surface area (Å²) in [5.41, 5.74) is 7.28. The van der Waals surface area contributed by atoms with Crippen LogP contribution in [0.4, 0.5) is 5.95 Å². The molecular formula is C19H18ClN5O2. The molecular weight excluding hydrogens is 366 g/mol. The predicted molar refractivity (Wildman–Crippen MR) is 102 cm³/mol. The molecule has 7 nitrogen and oxygen atoms in total. The number of nitrogens with one attached hydrogen (secondary N) is 1. The number of nitrogen functional groups attached to an aromatic ring is 1. The number of hydrogen-bond acceptors (Lipinski definition) is 5. The summed E-state index contributed by atoms with van der Waals surface area (Å²) in [6, 6.07) is 16.2. The molecule has 3 aromatic rings. The minimum Gasteiger partial charge on any atom is -0.368 e. The predicted octanol–water partition coefficient (Wildman–Crippen LogP) is 2.10. The maximum absolute atomic E-state index is 12.4. The summed E-state index contributed by atoms with van der Waals surface area (Å²) in [4.78, 5) is 28.5. The zero-order valence-corrected chi connectivity index (χ0v) is 15.2. The van der Waals surface area contributed by atoms with Gasteiger partial charge in [0.25, 0.3) is 5.91 Å². The van der Waals surface area contributed by atoms with E-state index in [1.807, 2.05) is 30.3 Å². The van der Waals surface area contributed by atoms with Crippen molar-refractivity contribution >= 4 is 29.4 Å². The fourth-order valence-electron chi connectivity index (χ4n) is 2.50. The smallest absolute Gasteiger partial charge is 0.281 e. The summed E-state index contributed by atoms with van der Waals surface area (Å²) in [7, 11) is 0. The van der Waals surface area contributed by atoms with Crippen LogP contribution in [0.25, 0.3) is 0 Å². The van der Waals surface area contributed by atoms with Crippen LogP contribution in [0.3, 0.4) is 0 Å². The average molecular weight is 384 g/mol. The molecule has 0 aliphatic rings. The van der Waals surface area contributed by atoms with E-state index in [4.69, 9.17) is 17.3 Å². The minimum absolute atomic E-state index is 0.0557. The molecule has 1 amide bonds. The lowest BCUT2D eigenvalue weighted by Crippen LogP contribution is -2.27. The first-order valence-corrected chi connectivity index (χ1v) is 8.73. The number of amides is 1. The van der Waals surface area contributed by atoms with E-state index in [0.29, 0.717) is 17.1 Å². The van der Waals surface area contributed by atoms with Gasteiger partial charge in [0.05, 0.1) is 6.42 Å². The molecule has 1 heterocycles. The lowest BCUT2D eigenvalue weighted by atomic mass is 10.1. The van der Waals surface area contributed by atoms with Crippen LogP contribution in [0.2, 0.25) is 5.02 Å². The number of anilines is 1. The normalized spacial score (nSPS) is 10.6. The zero-order valence-electron chi connectivity index (χ0n) is 14.4. The summed E-state index contributed by atoms with van der Waals surface area (Å²) in [6.45, 7) is 0.503. The topological polar surface area (TPSA) is 103 Å². The molecule has 2 aromatic carbocycles. The Balaban J connectivity index is 1.58. The van der Waals surface area contributed by atoms with Crippen molar-refractivity contribution in [3.63, 3.8) is 0 Å². The molecule has 0 saturated heterocycles. The van der Waals surface area contributed by atoms with Gasteiger partial charge in [-0.3, -0.25) is 9.59 Å². The summed E-state index contributed by atoms with van der Waals surface area (Å²) in [5.74, 6) is -0.552. The molecule has 0 atom stereocenters. The van der Waals surface area contributed by atoms with Crippen LogP contribution in [-0.4, -0.2) is 33.1 Å². The van der Waals surface area contributed by atoms with Crippen molar-refractivity contribution in [1.29, 1.82) is 0 Å². The number of rotatable bonds is 6. The van der Waals surface area contributed by atoms with E-state index in [-0.39, 0.29) is 24.1 Å². The molecule has 0 aliphatic heterocycles. The van der Waals surface area contributed by atoms with Crippen LogP contribution in [0.1, 0.15) is 21.7 Å². The summed E-state index contributed by atoms with van der Waals surface area (Å²) >= 11 is 5.82. The molecule has 3 rings (SSSR count). The van der Waals surface area contributed by atoms with Crippen LogP contribution < -0.4 is 11.1 Å². The van der Waals surface area contributed by atoms with Crippen molar-refractivity contribution in [2.75, 3.05) is 12.3 Å². The monoisotopic (exact) mass is 383 g/mol. The maximum Gasteiger partial charge on any atom is 0.281 e. The summed E-state index contributed by atoms with van der Waals surface area (Å²) in [6.07, 6.45) is 0.672. The molecule has 138 valence electrons. The fourth-order valence-corrected chi connectivity index (χ4v) is 2.63. The Hall–Kier alpha value is -3.19. The van der Waals surface area contributed by atoms with Crippen LogP contribution in [0.5, 0.6) is 0 Å². The van der Waals surface area contributed by atoms with Crippen molar-refractivity contribution in [3.05, 3.63) is 76.6 Å². The number of hydrogen-bond donors (Lipinski definition) is 2. The van der Waals surface area contributed by atoms with Gasteiger partial charge in [-0.05, 0) is 36.2 Å². The van der Waals surface area contributed by atoms with E-state index >= 15 is 0 Å². The van der Waals surface area contributed by atoms with Crippen molar-refractivity contribution in [3.8, 4) is 0 Å². The van der Waals surface area contributed by atoms with Gasteiger partial charge in [-0.2, -0.15) is 9.67 Å². The highest BCUT2D eigenvalue weighted by Crippen LogP contribution is 2.12. The Labute approximate surface area is 161 Å². The molecule has 0 bridgehead atoms. The van der Waals surface area contributed by atoms with E-state index in [1.54, 1.807) is 24.3 Å². The zero-order chi connectivity index (χ0) is 19.2. The van der Waals surface area contributed by atoms with Gasteiger partial charge in [0.1, 0.15) is 0 Å². The molecule has 3 N–H and O–H groups in total. The minimum atomic E-state index is -0.438. The Morgan fingerprint density at radius 1 is 1.07 bits per heavy atom. The molecule has 0 aliphatic carbocycles. The van der Waals surface area contributed by atoms with E-state index in [2.05, 4.69) is 15.4 Å². The van der Waals surface area contributed by atoms with Crippen LogP contribution in [0.15, 0.2) is 54.6 Å². The van der Waals surface area contributed by atoms with Crippen LogP contribution >= 0.6 is 11.6 Å². The van der Waals surface area contributed by atoms with Gasteiger partial charge in [0.2, 0.25) is 11.9 Å². The number of halogens is 1. The lowest BCUT2D eigenvalue weighted by Gasteiger charge is -2.04. The van der Waals surface area contributed by atoms with Gasteiger partial charge >= 0.3 is 0 Å². The Bertz CT molecular complexity index is 938. The third-order valence-corrected chi connectivity index (χ3v) is 4.11. The van der Waals surface area contributed by atoms with E-state index in [9.17, 15) is 9.59 Å². The van der Waals surface area contributed by atoms with Crippen molar-refractivity contribution in [1.82, 2.24) is 20.1 Å². The first-order chi connectivity index (χ1) is 13.0. The van der Waals surface area contributed by atoms with E-state index in [1.165, 1.54) is 0 Å². The highest BCUT2D eigenvalue weighted by Gasteiger charge is 2.17. The summed E-state index contributed by atoms with van der Waals surface area (Å²) < 4.78 is 0.982. The third kappa shape index (κ3) is 4.92. The lowest BCUT2D eigenvalue weighted by molar-refractivity contribution is -0.120. The van der Waals surface area contributed by atoms with Gasteiger partial charge in [-0.15, -0.1) is 5.10 Å². The molecule has 1 aromatic heterocycles. The molecule has 8 heteroatoms. The van der Waals surface area contributed by atoms with Gasteiger partial charge in [-0.25, -0.2) is 0 Å². The van der Waals surface area contributed by atoms with Gasteiger partial charge in [0, 0.05) is 17.1 Å². The van der Waals surface area contributed by atoms with Crippen molar-refractivity contribution < 1.29 is 9.59 Å². The number of nitrogens with zero attached hydrogens (tertiary/aromatic N) is 3. The van der Waals surface area contributed by atoms with Crippen LogP contribution in [-0.2, 0) is 17.6 Å². The maximum atomic E-state index is 12.4. The van der Waals surface area contributed by atoms with Crippen molar-refractivity contribution in [2.45, 2.75) is 12.8 Å². The Kier molecular flexibility index (Phi) is 5.83. The first-order valence-electron chi connectivity index (χ1n) is 8.35. The third-order valence-electron chi connectivity index (χ3n) is 3.86. The molecule has 0 spiro atoms. The number of carbonyl (C=O) groups excluding carboxylic acids is 2. The Morgan fingerprint density at radius 2 is 1.78 bits per heavy atom. The van der Waals surface area contributed by atoms with Gasteiger partial charge in [0.15, 0.2) is 5.82 Å². The van der Waals surface area contributed by atoms with E-state index in [0.717, 1.165) is 16.7 Å². The quantitative estimate of drug-likeness (QED) is 0.678. The Morgan fingerprint density at radius 3 is 2.48 bits per heavy atom. The SMILES string of the molecule is Nc1nc(CC(=O)NCCc2ccccc2)nn1C(=O)c1ccc(Cl)cc1. The molecule has 27 heavy (non-hydrogen) atoms. The second kappa shape index (κ2) is 8.46. The van der Waals surface area contributed by atoms with E-state index < -0.39 is 5.91 Å². The highest BCUT2D eigenvalue weighted by atomic mass is 35.5. The van der Waals surface area contributed by atoms with Gasteiger partial charge in [-0.1, -0.05) is 41.9 Å². The fraction of sp³-hybridized carbons (Fsp3) is 0.158. The number of benzene rings is 2. The number of aromatic nitrogens is 3. The molecule has 0 radical (unpaired) electrons. The first kappa shape index (κ1) is 18.6. The highest BCUT2D eigenvalue weighted by molar-refractivity contribution is 6.30. The molecule has 0 unspecified atom stereocenters.